The van der Waals surface area contributed by atoms with Gasteiger partial charge in [0.1, 0.15) is 0 Å². The van der Waals surface area contributed by atoms with Crippen LogP contribution in [0.4, 0.5) is 0 Å². The molecule has 0 bridgehead atoms. The number of hydrogen-bond acceptors (Lipinski definition) is 1. The maximum Gasteiger partial charge on any atom is 0.225 e. The van der Waals surface area contributed by atoms with E-state index in [1.807, 2.05) is 13.8 Å². The molecule has 0 aliphatic carbocycles. The van der Waals surface area contributed by atoms with Crippen LogP contribution < -0.4 is 0 Å². The summed E-state index contributed by atoms with van der Waals surface area (Å²) in [4.78, 5) is 14.3. The molecule has 98 valence electrons. The number of aryl methyl sites for hydroxylation is 1. The van der Waals surface area contributed by atoms with Gasteiger partial charge in [-0.15, -0.1) is 0 Å². The summed E-state index contributed by atoms with van der Waals surface area (Å²) in [7, 11) is 0. The summed E-state index contributed by atoms with van der Waals surface area (Å²) < 4.78 is 0. The summed E-state index contributed by atoms with van der Waals surface area (Å²) in [5, 5.41) is 0. The minimum absolute atomic E-state index is 0.0889. The van der Waals surface area contributed by atoms with Crippen molar-refractivity contribution in [3.05, 3.63) is 34.9 Å². The van der Waals surface area contributed by atoms with E-state index in [0.717, 1.165) is 19.4 Å². The highest BCUT2D eigenvalue weighted by atomic mass is 16.2. The van der Waals surface area contributed by atoms with E-state index in [-0.39, 0.29) is 17.9 Å². The number of fused-ring (bicyclic) bond motifs is 1. The first-order chi connectivity index (χ1) is 8.54. The highest BCUT2D eigenvalue weighted by Gasteiger charge is 2.30. The summed E-state index contributed by atoms with van der Waals surface area (Å²) in [5.41, 5.74) is 4.09. The van der Waals surface area contributed by atoms with Crippen molar-refractivity contribution in [2.45, 2.75) is 46.6 Å². The van der Waals surface area contributed by atoms with Crippen LogP contribution in [0.15, 0.2) is 18.2 Å². The molecule has 0 saturated carbocycles. The van der Waals surface area contributed by atoms with Crippen molar-refractivity contribution in [1.82, 2.24) is 4.90 Å². The lowest BCUT2D eigenvalue weighted by Gasteiger charge is -2.38. The zero-order valence-electron chi connectivity index (χ0n) is 11.9. The average molecular weight is 245 g/mol. The molecule has 0 N–H and O–H groups in total. The Morgan fingerprint density at radius 1 is 1.44 bits per heavy atom. The van der Waals surface area contributed by atoms with E-state index in [9.17, 15) is 4.79 Å². The fraction of sp³-hybridized carbons (Fsp3) is 0.562. The first kappa shape index (κ1) is 13.1. The molecule has 0 saturated heterocycles. The van der Waals surface area contributed by atoms with Crippen LogP contribution in [0.3, 0.4) is 0 Å². The zero-order valence-corrected chi connectivity index (χ0v) is 11.9. The Kier molecular flexibility index (Phi) is 3.74. The van der Waals surface area contributed by atoms with Gasteiger partial charge in [-0.1, -0.05) is 44.5 Å². The molecule has 1 unspecified atom stereocenters. The monoisotopic (exact) mass is 245 g/mol. The number of hydrogen-bond donors (Lipinski definition) is 0. The summed E-state index contributed by atoms with van der Waals surface area (Å²) in [6.45, 7) is 9.14. The van der Waals surface area contributed by atoms with Gasteiger partial charge in [-0.2, -0.15) is 0 Å². The lowest BCUT2D eigenvalue weighted by Crippen LogP contribution is -2.41. The second kappa shape index (κ2) is 5.13. The van der Waals surface area contributed by atoms with Gasteiger partial charge in [-0.05, 0) is 30.9 Å². The van der Waals surface area contributed by atoms with Crippen LogP contribution in [-0.2, 0) is 11.2 Å². The third kappa shape index (κ3) is 2.29. The SMILES string of the molecule is CCC1c2ccc(C)cc2CCN1C(=O)C(C)C. The van der Waals surface area contributed by atoms with E-state index >= 15 is 0 Å². The Morgan fingerprint density at radius 2 is 2.17 bits per heavy atom. The largest absolute Gasteiger partial charge is 0.335 e. The molecule has 0 radical (unpaired) electrons. The third-order valence-corrected chi connectivity index (χ3v) is 3.82. The van der Waals surface area contributed by atoms with Gasteiger partial charge in [-0.25, -0.2) is 0 Å². The van der Waals surface area contributed by atoms with Crippen LogP contribution >= 0.6 is 0 Å². The molecule has 1 atom stereocenters. The number of carbonyl (C=O) groups is 1. The second-order valence-corrected chi connectivity index (χ2v) is 5.56. The first-order valence-electron chi connectivity index (χ1n) is 6.94. The Bertz CT molecular complexity index is 450. The third-order valence-electron chi connectivity index (χ3n) is 3.82. The maximum atomic E-state index is 12.3. The van der Waals surface area contributed by atoms with Crippen molar-refractivity contribution in [1.29, 1.82) is 0 Å². The van der Waals surface area contributed by atoms with E-state index < -0.39 is 0 Å². The van der Waals surface area contributed by atoms with Gasteiger partial charge >= 0.3 is 0 Å². The highest BCUT2D eigenvalue weighted by Crippen LogP contribution is 2.33. The molecule has 1 amide bonds. The van der Waals surface area contributed by atoms with Crippen LogP contribution in [0.5, 0.6) is 0 Å². The fourth-order valence-electron chi connectivity index (χ4n) is 2.88. The van der Waals surface area contributed by atoms with E-state index in [2.05, 4.69) is 36.9 Å². The molecule has 1 heterocycles. The predicted molar refractivity (Wildman–Crippen MR) is 74.5 cm³/mol. The van der Waals surface area contributed by atoms with Crippen molar-refractivity contribution >= 4 is 5.91 Å². The Labute approximate surface area is 110 Å². The summed E-state index contributed by atoms with van der Waals surface area (Å²) >= 11 is 0. The Balaban J connectivity index is 2.35. The lowest BCUT2D eigenvalue weighted by atomic mass is 9.89. The molecule has 2 nitrogen and oxygen atoms in total. The first-order valence-corrected chi connectivity index (χ1v) is 6.94. The average Bonchev–Trinajstić information content (AvgIpc) is 2.36. The van der Waals surface area contributed by atoms with Crippen LogP contribution in [0, 0.1) is 12.8 Å². The molecular weight excluding hydrogens is 222 g/mol. The Hall–Kier alpha value is -1.31. The lowest BCUT2D eigenvalue weighted by molar-refractivity contribution is -0.137. The smallest absolute Gasteiger partial charge is 0.225 e. The van der Waals surface area contributed by atoms with Crippen LogP contribution in [0.2, 0.25) is 0 Å². The number of amides is 1. The molecule has 1 aromatic carbocycles. The maximum absolute atomic E-state index is 12.3. The molecule has 1 aliphatic rings. The Morgan fingerprint density at radius 3 is 2.78 bits per heavy atom. The van der Waals surface area contributed by atoms with Gasteiger partial charge in [0.25, 0.3) is 0 Å². The predicted octanol–water partition coefficient (Wildman–Crippen LogP) is 3.49. The van der Waals surface area contributed by atoms with E-state index in [1.165, 1.54) is 16.7 Å². The van der Waals surface area contributed by atoms with Gasteiger partial charge in [0.15, 0.2) is 0 Å². The van der Waals surface area contributed by atoms with Gasteiger partial charge in [0, 0.05) is 12.5 Å². The number of carbonyl (C=O) groups excluding carboxylic acids is 1. The molecule has 2 rings (SSSR count). The van der Waals surface area contributed by atoms with Crippen LogP contribution in [-0.4, -0.2) is 17.4 Å². The van der Waals surface area contributed by atoms with E-state index in [4.69, 9.17) is 0 Å². The van der Waals surface area contributed by atoms with E-state index in [1.54, 1.807) is 0 Å². The standard InChI is InChI=1S/C16H23NO/c1-5-15-14-7-6-12(4)10-13(14)8-9-17(15)16(18)11(2)3/h6-7,10-11,15H,5,8-9H2,1-4H3. The molecular formula is C16H23NO. The van der Waals surface area contributed by atoms with Gasteiger partial charge in [0.05, 0.1) is 6.04 Å². The number of nitrogens with zero attached hydrogens (tertiary/aromatic N) is 1. The quantitative estimate of drug-likeness (QED) is 0.781. The minimum atomic E-state index is 0.0889. The summed E-state index contributed by atoms with van der Waals surface area (Å²) in [6.07, 6.45) is 1.99. The van der Waals surface area contributed by atoms with Crippen molar-refractivity contribution < 1.29 is 4.79 Å². The van der Waals surface area contributed by atoms with Crippen molar-refractivity contribution in [2.24, 2.45) is 5.92 Å². The van der Waals surface area contributed by atoms with Crippen molar-refractivity contribution in [3.8, 4) is 0 Å². The molecule has 0 aromatic heterocycles. The molecule has 18 heavy (non-hydrogen) atoms. The number of benzene rings is 1. The molecule has 2 heteroatoms. The van der Waals surface area contributed by atoms with Crippen molar-refractivity contribution in [2.75, 3.05) is 6.54 Å². The fourth-order valence-corrected chi connectivity index (χ4v) is 2.88. The zero-order chi connectivity index (χ0) is 13.3. The molecule has 0 fully saturated rings. The summed E-state index contributed by atoms with van der Waals surface area (Å²) in [5.74, 6) is 0.374. The molecule has 0 spiro atoms. The normalized spacial score (nSPS) is 18.9. The van der Waals surface area contributed by atoms with Crippen LogP contribution in [0.1, 0.15) is 49.9 Å². The van der Waals surface area contributed by atoms with Crippen molar-refractivity contribution in [3.63, 3.8) is 0 Å². The van der Waals surface area contributed by atoms with Gasteiger partial charge in [0.2, 0.25) is 5.91 Å². The molecule has 1 aliphatic heterocycles. The molecule has 1 aromatic rings. The summed E-state index contributed by atoms with van der Waals surface area (Å²) in [6, 6.07) is 6.91. The van der Waals surface area contributed by atoms with E-state index in [0.29, 0.717) is 0 Å². The minimum Gasteiger partial charge on any atom is -0.335 e. The number of rotatable bonds is 2. The van der Waals surface area contributed by atoms with Gasteiger partial charge in [-0.3, -0.25) is 4.79 Å². The second-order valence-electron chi connectivity index (χ2n) is 5.56. The van der Waals surface area contributed by atoms with Crippen LogP contribution in [0.25, 0.3) is 0 Å². The highest BCUT2D eigenvalue weighted by molar-refractivity contribution is 5.79. The topological polar surface area (TPSA) is 20.3 Å². The van der Waals surface area contributed by atoms with Gasteiger partial charge < -0.3 is 4.90 Å².